The van der Waals surface area contributed by atoms with Crippen molar-refractivity contribution in [2.45, 2.75) is 47.5 Å². The van der Waals surface area contributed by atoms with Crippen LogP contribution in [0.5, 0.6) is 0 Å². The van der Waals surface area contributed by atoms with Crippen LogP contribution in [0.15, 0.2) is 16.1 Å². The van der Waals surface area contributed by atoms with Gasteiger partial charge in [-0.2, -0.15) is 5.26 Å². The molecule has 134 valence electrons. The summed E-state index contributed by atoms with van der Waals surface area (Å²) in [5, 5.41) is 9.25. The van der Waals surface area contributed by atoms with Crippen LogP contribution in [0.3, 0.4) is 0 Å². The maximum Gasteiger partial charge on any atom is 0.275 e. The average Bonchev–Trinajstić information content (AvgIpc) is 2.86. The number of aromatic nitrogens is 1. The van der Waals surface area contributed by atoms with Gasteiger partial charge in [-0.15, -0.1) is 0 Å². The zero-order valence-corrected chi connectivity index (χ0v) is 15.8. The van der Waals surface area contributed by atoms with E-state index in [2.05, 4.69) is 4.98 Å². The van der Waals surface area contributed by atoms with Gasteiger partial charge in [-0.1, -0.05) is 26.8 Å². The van der Waals surface area contributed by atoms with Crippen molar-refractivity contribution in [1.29, 1.82) is 5.26 Å². The van der Waals surface area contributed by atoms with Gasteiger partial charge < -0.3 is 9.32 Å². The Hall–Kier alpha value is -2.42. The number of aryl methyl sites for hydroxylation is 2. The van der Waals surface area contributed by atoms with Gasteiger partial charge in [0.15, 0.2) is 17.4 Å². The summed E-state index contributed by atoms with van der Waals surface area (Å²) in [7, 11) is 1.73. The van der Waals surface area contributed by atoms with Crippen LogP contribution >= 0.6 is 0 Å². The first-order valence-electron chi connectivity index (χ1n) is 8.36. The fraction of sp³-hybridized carbons (Fsp3) is 0.579. The molecule has 0 fully saturated rings. The third-order valence-corrected chi connectivity index (χ3v) is 4.79. The summed E-state index contributed by atoms with van der Waals surface area (Å²) in [6, 6.07) is 2.02. The summed E-state index contributed by atoms with van der Waals surface area (Å²) in [6.07, 6.45) is 3.07. The van der Waals surface area contributed by atoms with Crippen molar-refractivity contribution in [1.82, 2.24) is 9.88 Å². The molecule has 0 radical (unpaired) electrons. The summed E-state index contributed by atoms with van der Waals surface area (Å²) < 4.78 is 5.33. The lowest BCUT2D eigenvalue weighted by Gasteiger charge is -2.39. The van der Waals surface area contributed by atoms with Gasteiger partial charge in [-0.25, -0.2) is 4.98 Å². The van der Waals surface area contributed by atoms with Crippen LogP contribution in [0, 0.1) is 36.0 Å². The monoisotopic (exact) mass is 343 g/mol. The lowest BCUT2D eigenvalue weighted by Crippen LogP contribution is -2.39. The van der Waals surface area contributed by atoms with Crippen molar-refractivity contribution in [2.75, 3.05) is 13.6 Å². The van der Waals surface area contributed by atoms with Crippen LogP contribution in [0.25, 0.3) is 0 Å². The molecule has 1 aliphatic rings. The van der Waals surface area contributed by atoms with Crippen LogP contribution in [-0.4, -0.2) is 35.2 Å². The highest BCUT2D eigenvalue weighted by molar-refractivity contribution is 6.03. The lowest BCUT2D eigenvalue weighted by atomic mass is 9.64. The standard InChI is InChI=1S/C19H25N3O3/c1-12-15(21-13(2)25-12)17(24)22(6)8-7-19(5)9-14(10-20)16(23)18(3,4)11-19/h9H,7-8,11H2,1-6H3/t19-/m1/s1. The number of allylic oxidation sites excluding steroid dienone is 2. The molecule has 1 aromatic rings. The zero-order chi connectivity index (χ0) is 19.0. The first kappa shape index (κ1) is 18.9. The highest BCUT2D eigenvalue weighted by Gasteiger charge is 2.42. The van der Waals surface area contributed by atoms with Crippen molar-refractivity contribution in [3.05, 3.63) is 29.0 Å². The number of Topliss-reactive ketones (excluding diaryl/α,β-unsaturated/α-hetero) is 1. The molecule has 1 aliphatic carbocycles. The second-order valence-corrected chi connectivity index (χ2v) is 7.83. The Labute approximate surface area is 148 Å². The molecule has 1 amide bonds. The number of hydrogen-bond acceptors (Lipinski definition) is 5. The number of nitriles is 1. The van der Waals surface area contributed by atoms with Crippen molar-refractivity contribution in [2.24, 2.45) is 10.8 Å². The number of carbonyl (C=O) groups excluding carboxylic acids is 2. The molecule has 0 aliphatic heterocycles. The first-order valence-corrected chi connectivity index (χ1v) is 8.36. The number of rotatable bonds is 4. The van der Waals surface area contributed by atoms with Crippen molar-refractivity contribution >= 4 is 11.7 Å². The van der Waals surface area contributed by atoms with E-state index < -0.39 is 5.41 Å². The third kappa shape index (κ3) is 3.81. The number of nitrogens with zero attached hydrogens (tertiary/aromatic N) is 3. The van der Waals surface area contributed by atoms with Crippen LogP contribution in [0.2, 0.25) is 0 Å². The van der Waals surface area contributed by atoms with Gasteiger partial charge in [-0.3, -0.25) is 9.59 Å². The molecule has 1 aromatic heterocycles. The van der Waals surface area contributed by atoms with Crippen molar-refractivity contribution in [3.8, 4) is 6.07 Å². The van der Waals surface area contributed by atoms with Gasteiger partial charge >= 0.3 is 0 Å². The number of oxazole rings is 1. The molecule has 0 saturated carbocycles. The largest absolute Gasteiger partial charge is 0.445 e. The summed E-state index contributed by atoms with van der Waals surface area (Å²) in [5.41, 5.74) is -0.337. The Morgan fingerprint density at radius 3 is 2.56 bits per heavy atom. The van der Waals surface area contributed by atoms with Gasteiger partial charge in [0.25, 0.3) is 5.91 Å². The van der Waals surface area contributed by atoms with E-state index in [9.17, 15) is 14.9 Å². The maximum atomic E-state index is 12.5. The molecule has 0 N–H and O–H groups in total. The number of amides is 1. The maximum absolute atomic E-state index is 12.5. The van der Waals surface area contributed by atoms with E-state index in [1.807, 2.05) is 26.8 Å². The normalized spacial score (nSPS) is 22.3. The molecule has 25 heavy (non-hydrogen) atoms. The summed E-state index contributed by atoms with van der Waals surface area (Å²) in [4.78, 5) is 30.6. The highest BCUT2D eigenvalue weighted by Crippen LogP contribution is 2.44. The van der Waals surface area contributed by atoms with E-state index in [4.69, 9.17) is 4.42 Å². The smallest absolute Gasteiger partial charge is 0.275 e. The molecule has 0 bridgehead atoms. The van der Waals surface area contributed by atoms with Crippen LogP contribution < -0.4 is 0 Å². The fourth-order valence-electron chi connectivity index (χ4n) is 3.60. The number of hydrogen-bond donors (Lipinski definition) is 0. The zero-order valence-electron chi connectivity index (χ0n) is 15.8. The summed E-state index contributed by atoms with van der Waals surface area (Å²) in [6.45, 7) is 9.70. The molecule has 6 nitrogen and oxygen atoms in total. The van der Waals surface area contributed by atoms with E-state index >= 15 is 0 Å². The Bertz CT molecular complexity index is 782. The molecule has 1 atom stereocenters. The SMILES string of the molecule is Cc1nc(C(=O)N(C)CC[C@]2(C)C=C(C#N)C(=O)C(C)(C)C2)c(C)o1. The van der Waals surface area contributed by atoms with Crippen LogP contribution in [0.4, 0.5) is 0 Å². The molecule has 6 heteroatoms. The van der Waals surface area contributed by atoms with E-state index in [0.29, 0.717) is 36.7 Å². The van der Waals surface area contributed by atoms with Crippen LogP contribution in [0.1, 0.15) is 55.8 Å². The molecule has 2 rings (SSSR count). The van der Waals surface area contributed by atoms with Gasteiger partial charge in [0.1, 0.15) is 11.8 Å². The summed E-state index contributed by atoms with van der Waals surface area (Å²) >= 11 is 0. The van der Waals surface area contributed by atoms with E-state index in [-0.39, 0.29) is 22.7 Å². The minimum atomic E-state index is -0.572. The van der Waals surface area contributed by atoms with E-state index in [1.54, 1.807) is 31.9 Å². The lowest BCUT2D eigenvalue weighted by molar-refractivity contribution is -0.125. The molecular weight excluding hydrogens is 318 g/mol. The Kier molecular flexibility index (Phi) is 4.90. The van der Waals surface area contributed by atoms with Gasteiger partial charge in [0.05, 0.1) is 5.57 Å². The summed E-state index contributed by atoms with van der Waals surface area (Å²) in [5.74, 6) is 0.686. The number of carbonyl (C=O) groups is 2. The fourth-order valence-corrected chi connectivity index (χ4v) is 3.60. The number of ketones is 1. The Morgan fingerprint density at radius 2 is 2.04 bits per heavy atom. The third-order valence-electron chi connectivity index (χ3n) is 4.79. The van der Waals surface area contributed by atoms with Crippen LogP contribution in [-0.2, 0) is 4.79 Å². The van der Waals surface area contributed by atoms with E-state index in [1.165, 1.54) is 0 Å². The topological polar surface area (TPSA) is 87.2 Å². The van der Waals surface area contributed by atoms with Crippen molar-refractivity contribution < 1.29 is 14.0 Å². The highest BCUT2D eigenvalue weighted by atomic mass is 16.4. The van der Waals surface area contributed by atoms with Gasteiger partial charge in [0.2, 0.25) is 0 Å². The average molecular weight is 343 g/mol. The van der Waals surface area contributed by atoms with E-state index in [0.717, 1.165) is 0 Å². The quantitative estimate of drug-likeness (QED) is 0.837. The minimum absolute atomic E-state index is 0.106. The first-order chi connectivity index (χ1) is 11.5. The van der Waals surface area contributed by atoms with Gasteiger partial charge in [0, 0.05) is 25.9 Å². The van der Waals surface area contributed by atoms with Gasteiger partial charge in [-0.05, 0) is 25.2 Å². The molecule has 0 spiro atoms. The Balaban J connectivity index is 2.13. The van der Waals surface area contributed by atoms with Crippen molar-refractivity contribution in [3.63, 3.8) is 0 Å². The Morgan fingerprint density at radius 1 is 1.40 bits per heavy atom. The predicted molar refractivity (Wildman–Crippen MR) is 92.8 cm³/mol. The predicted octanol–water partition coefficient (Wildman–Crippen LogP) is 3.21. The molecule has 0 unspecified atom stereocenters. The second kappa shape index (κ2) is 6.47. The minimum Gasteiger partial charge on any atom is -0.445 e. The second-order valence-electron chi connectivity index (χ2n) is 7.83. The molecule has 0 saturated heterocycles. The molecule has 0 aromatic carbocycles. The molecule has 1 heterocycles. The molecular formula is C19H25N3O3.